The predicted molar refractivity (Wildman–Crippen MR) is 80.6 cm³/mol. The summed E-state index contributed by atoms with van der Waals surface area (Å²) in [4.78, 5) is 8.99. The number of hydrogen-bond acceptors (Lipinski definition) is 3. The highest BCUT2D eigenvalue weighted by molar-refractivity contribution is 6.05. The molecule has 3 nitrogen and oxygen atoms in total. The molecule has 0 unspecified atom stereocenters. The quantitative estimate of drug-likeness (QED) is 0.720. The summed E-state index contributed by atoms with van der Waals surface area (Å²) in [5.41, 5.74) is 2.32. The highest BCUT2D eigenvalue weighted by atomic mass is 15.0. The summed E-state index contributed by atoms with van der Waals surface area (Å²) in [5, 5.41) is 6.84. The fourth-order valence-corrected chi connectivity index (χ4v) is 2.44. The van der Waals surface area contributed by atoms with Crippen LogP contribution >= 0.6 is 0 Å². The average molecular weight is 251 g/mol. The molecule has 3 rings (SSSR count). The minimum absolute atomic E-state index is 0.887. The van der Waals surface area contributed by atoms with Gasteiger partial charge in [-0.1, -0.05) is 19.1 Å². The molecule has 96 valence electrons. The molecular weight excluding hydrogens is 234 g/mol. The van der Waals surface area contributed by atoms with E-state index in [-0.39, 0.29) is 0 Å². The van der Waals surface area contributed by atoms with Crippen molar-refractivity contribution in [2.45, 2.75) is 20.3 Å². The molecule has 0 aliphatic heterocycles. The first-order valence-corrected chi connectivity index (χ1v) is 6.73. The lowest BCUT2D eigenvalue weighted by Crippen LogP contribution is -2.03. The predicted octanol–water partition coefficient (Wildman–Crippen LogP) is 3.78. The van der Waals surface area contributed by atoms with Crippen molar-refractivity contribution in [2.75, 3.05) is 11.9 Å². The minimum atomic E-state index is 0.887. The van der Waals surface area contributed by atoms with Gasteiger partial charge in [-0.25, -0.2) is 4.98 Å². The molecular formula is C16H17N3. The Bertz CT molecular complexity index is 734. The number of rotatable bonds is 3. The van der Waals surface area contributed by atoms with E-state index in [0.29, 0.717) is 0 Å². The molecule has 0 aliphatic carbocycles. The van der Waals surface area contributed by atoms with E-state index >= 15 is 0 Å². The molecule has 0 aliphatic rings. The lowest BCUT2D eigenvalue weighted by molar-refractivity contribution is 1.09. The van der Waals surface area contributed by atoms with Gasteiger partial charge in [-0.15, -0.1) is 0 Å². The number of hydrogen-bond donors (Lipinski definition) is 1. The Kier molecular flexibility index (Phi) is 3.03. The topological polar surface area (TPSA) is 37.8 Å². The maximum absolute atomic E-state index is 4.82. The van der Waals surface area contributed by atoms with E-state index in [1.165, 1.54) is 10.9 Å². The Labute approximate surface area is 112 Å². The number of benzene rings is 1. The number of anilines is 1. The van der Waals surface area contributed by atoms with Crippen LogP contribution in [0.1, 0.15) is 19.4 Å². The van der Waals surface area contributed by atoms with Crippen LogP contribution in [0.25, 0.3) is 21.7 Å². The lowest BCUT2D eigenvalue weighted by Gasteiger charge is -2.11. The summed E-state index contributed by atoms with van der Waals surface area (Å²) >= 11 is 0. The van der Waals surface area contributed by atoms with E-state index in [1.54, 1.807) is 0 Å². The average Bonchev–Trinajstić information content (AvgIpc) is 2.47. The van der Waals surface area contributed by atoms with Gasteiger partial charge in [-0.3, -0.25) is 4.98 Å². The van der Waals surface area contributed by atoms with E-state index in [2.05, 4.69) is 42.3 Å². The molecule has 0 saturated heterocycles. The van der Waals surface area contributed by atoms with Gasteiger partial charge in [0.25, 0.3) is 0 Å². The largest absolute Gasteiger partial charge is 0.370 e. The Morgan fingerprint density at radius 1 is 1.11 bits per heavy atom. The standard InChI is InChI=1S/C16H17N3/c1-3-11-9-12-5-6-13-10-17-8-7-14(13)15(12)19-16(11)18-4-2/h5-10H,3-4H2,1-2H3,(H,18,19). The van der Waals surface area contributed by atoms with E-state index < -0.39 is 0 Å². The maximum Gasteiger partial charge on any atom is 0.129 e. The Hall–Kier alpha value is -2.16. The molecule has 1 N–H and O–H groups in total. The number of pyridine rings is 2. The number of nitrogens with one attached hydrogen (secondary N) is 1. The van der Waals surface area contributed by atoms with E-state index in [1.807, 2.05) is 18.5 Å². The second kappa shape index (κ2) is 4.84. The third kappa shape index (κ3) is 2.01. The van der Waals surface area contributed by atoms with Crippen molar-refractivity contribution in [1.29, 1.82) is 0 Å². The molecule has 2 aromatic heterocycles. The van der Waals surface area contributed by atoms with Crippen LogP contribution in [0.5, 0.6) is 0 Å². The van der Waals surface area contributed by atoms with Crippen LogP contribution in [0.15, 0.2) is 36.7 Å². The van der Waals surface area contributed by atoms with Crippen molar-refractivity contribution in [2.24, 2.45) is 0 Å². The highest BCUT2D eigenvalue weighted by Gasteiger charge is 2.07. The molecule has 0 spiro atoms. The molecule has 3 aromatic rings. The van der Waals surface area contributed by atoms with Crippen LogP contribution in [0.3, 0.4) is 0 Å². The summed E-state index contributed by atoms with van der Waals surface area (Å²) in [7, 11) is 0. The van der Waals surface area contributed by atoms with Crippen LogP contribution < -0.4 is 5.32 Å². The highest BCUT2D eigenvalue weighted by Crippen LogP contribution is 2.27. The van der Waals surface area contributed by atoms with Crippen molar-refractivity contribution in [3.05, 3.63) is 42.2 Å². The van der Waals surface area contributed by atoms with E-state index in [0.717, 1.165) is 35.1 Å². The van der Waals surface area contributed by atoms with Crippen LogP contribution in [-0.2, 0) is 6.42 Å². The van der Waals surface area contributed by atoms with Crippen LogP contribution in [-0.4, -0.2) is 16.5 Å². The zero-order chi connectivity index (χ0) is 13.2. The maximum atomic E-state index is 4.82. The van der Waals surface area contributed by atoms with Gasteiger partial charge in [-0.05, 0) is 31.0 Å². The normalized spacial score (nSPS) is 11.1. The van der Waals surface area contributed by atoms with Gasteiger partial charge in [-0.2, -0.15) is 0 Å². The Morgan fingerprint density at radius 3 is 2.74 bits per heavy atom. The van der Waals surface area contributed by atoms with Crippen molar-refractivity contribution in [1.82, 2.24) is 9.97 Å². The van der Waals surface area contributed by atoms with Crippen LogP contribution in [0, 0.1) is 0 Å². The van der Waals surface area contributed by atoms with E-state index in [4.69, 9.17) is 4.98 Å². The van der Waals surface area contributed by atoms with Gasteiger partial charge in [0.1, 0.15) is 5.82 Å². The second-order valence-corrected chi connectivity index (χ2v) is 4.61. The van der Waals surface area contributed by atoms with Crippen molar-refractivity contribution in [3.63, 3.8) is 0 Å². The fraction of sp³-hybridized carbons (Fsp3) is 0.250. The summed E-state index contributed by atoms with van der Waals surface area (Å²) < 4.78 is 0. The molecule has 0 fully saturated rings. The molecule has 3 heteroatoms. The van der Waals surface area contributed by atoms with Gasteiger partial charge in [0.05, 0.1) is 5.52 Å². The molecule has 2 heterocycles. The molecule has 19 heavy (non-hydrogen) atoms. The fourth-order valence-electron chi connectivity index (χ4n) is 2.44. The summed E-state index contributed by atoms with van der Waals surface area (Å²) in [6.45, 7) is 5.14. The molecule has 0 bridgehead atoms. The number of aryl methyl sites for hydroxylation is 1. The first-order valence-electron chi connectivity index (χ1n) is 6.73. The SMILES string of the molecule is CCNc1nc2c(ccc3cnccc32)cc1CC. The van der Waals surface area contributed by atoms with Crippen molar-refractivity contribution >= 4 is 27.5 Å². The third-order valence-electron chi connectivity index (χ3n) is 3.41. The second-order valence-electron chi connectivity index (χ2n) is 4.61. The molecule has 0 saturated carbocycles. The molecule has 0 amide bonds. The number of aromatic nitrogens is 2. The van der Waals surface area contributed by atoms with Crippen molar-refractivity contribution < 1.29 is 0 Å². The molecule has 1 aromatic carbocycles. The summed E-state index contributed by atoms with van der Waals surface area (Å²) in [5.74, 6) is 1.00. The van der Waals surface area contributed by atoms with Gasteiger partial charge in [0.15, 0.2) is 0 Å². The van der Waals surface area contributed by atoms with Crippen LogP contribution in [0.4, 0.5) is 5.82 Å². The zero-order valence-electron chi connectivity index (χ0n) is 11.3. The Balaban J connectivity index is 2.35. The van der Waals surface area contributed by atoms with E-state index in [9.17, 15) is 0 Å². The third-order valence-corrected chi connectivity index (χ3v) is 3.41. The molecule has 0 radical (unpaired) electrons. The summed E-state index contributed by atoms with van der Waals surface area (Å²) in [6, 6.07) is 8.51. The van der Waals surface area contributed by atoms with Gasteiger partial charge in [0, 0.05) is 35.1 Å². The molecule has 0 atom stereocenters. The summed E-state index contributed by atoms with van der Waals surface area (Å²) in [6.07, 6.45) is 4.70. The Morgan fingerprint density at radius 2 is 1.95 bits per heavy atom. The number of fused-ring (bicyclic) bond motifs is 3. The lowest BCUT2D eigenvalue weighted by atomic mass is 10.1. The van der Waals surface area contributed by atoms with Crippen molar-refractivity contribution in [3.8, 4) is 0 Å². The van der Waals surface area contributed by atoms with Gasteiger partial charge >= 0.3 is 0 Å². The first-order chi connectivity index (χ1) is 9.33. The van der Waals surface area contributed by atoms with Crippen LogP contribution in [0.2, 0.25) is 0 Å². The smallest absolute Gasteiger partial charge is 0.129 e. The van der Waals surface area contributed by atoms with Gasteiger partial charge in [0.2, 0.25) is 0 Å². The zero-order valence-corrected chi connectivity index (χ0v) is 11.3. The first kappa shape index (κ1) is 11.9. The number of nitrogens with zero attached hydrogens (tertiary/aromatic N) is 2. The monoisotopic (exact) mass is 251 g/mol. The van der Waals surface area contributed by atoms with Gasteiger partial charge < -0.3 is 5.32 Å². The minimum Gasteiger partial charge on any atom is -0.370 e.